The number of nitrogens with one attached hydrogen (secondary N) is 1. The number of aromatic nitrogens is 2. The predicted molar refractivity (Wildman–Crippen MR) is 132 cm³/mol. The van der Waals surface area contributed by atoms with Gasteiger partial charge in [0.1, 0.15) is 23.4 Å². The van der Waals surface area contributed by atoms with Crippen LogP contribution in [0.5, 0.6) is 11.5 Å². The molecule has 3 unspecified atom stereocenters. The van der Waals surface area contributed by atoms with Gasteiger partial charge in [0.15, 0.2) is 0 Å². The van der Waals surface area contributed by atoms with Crippen LogP contribution in [0.3, 0.4) is 0 Å². The van der Waals surface area contributed by atoms with Gasteiger partial charge in [0.05, 0.1) is 37.5 Å². The number of amides is 1. The van der Waals surface area contributed by atoms with E-state index in [-0.39, 0.29) is 42.9 Å². The number of ether oxygens (including phenoxy) is 2. The van der Waals surface area contributed by atoms with E-state index >= 15 is 0 Å². The lowest BCUT2D eigenvalue weighted by molar-refractivity contribution is 0.0854. The second-order valence-corrected chi connectivity index (χ2v) is 9.37. The Kier molecular flexibility index (Phi) is 6.86. The number of oxazole rings is 1. The van der Waals surface area contributed by atoms with E-state index in [9.17, 15) is 13.6 Å². The highest BCUT2D eigenvalue weighted by Gasteiger charge is 2.57. The Morgan fingerprint density at radius 2 is 1.97 bits per heavy atom. The number of nitrogen functional groups attached to an aromatic ring is 1. The first-order valence-corrected chi connectivity index (χ1v) is 12.3. The second-order valence-electron chi connectivity index (χ2n) is 9.37. The van der Waals surface area contributed by atoms with Crippen molar-refractivity contribution in [1.82, 2.24) is 15.3 Å². The molecular formula is C26H29F2N5O4. The normalized spacial score (nSPS) is 20.9. The minimum Gasteiger partial charge on any atom is -0.491 e. The largest absolute Gasteiger partial charge is 0.491 e. The summed E-state index contributed by atoms with van der Waals surface area (Å²) < 4.78 is 42.7. The first-order valence-electron chi connectivity index (χ1n) is 12.3. The molecule has 0 spiro atoms. The van der Waals surface area contributed by atoms with Gasteiger partial charge in [-0.15, -0.1) is 0 Å². The van der Waals surface area contributed by atoms with Crippen LogP contribution in [0.1, 0.15) is 48.3 Å². The van der Waals surface area contributed by atoms with Crippen molar-refractivity contribution in [3.8, 4) is 11.5 Å². The monoisotopic (exact) mass is 513 g/mol. The molecule has 9 nitrogen and oxygen atoms in total. The van der Waals surface area contributed by atoms with Crippen molar-refractivity contribution in [1.29, 1.82) is 0 Å². The minimum atomic E-state index is -2.58. The Bertz CT molecular complexity index is 1220. The van der Waals surface area contributed by atoms with Crippen molar-refractivity contribution in [3.63, 3.8) is 0 Å². The van der Waals surface area contributed by atoms with E-state index in [1.165, 1.54) is 6.20 Å². The lowest BCUT2D eigenvalue weighted by Gasteiger charge is -2.19. The summed E-state index contributed by atoms with van der Waals surface area (Å²) in [7, 11) is 0. The van der Waals surface area contributed by atoms with Crippen molar-refractivity contribution in [3.05, 3.63) is 60.1 Å². The SMILES string of the molecule is CCC(NC(=O)c1cnc(N)o1)c1ccc(OC2CCN(c3ccc(OCC4CC4(F)F)cn3)C2)cc1. The quantitative estimate of drug-likeness (QED) is 0.414. The maximum atomic E-state index is 13.0. The number of nitrogens with two attached hydrogens (primary N) is 1. The predicted octanol–water partition coefficient (Wildman–Crippen LogP) is 4.22. The number of rotatable bonds is 10. The maximum Gasteiger partial charge on any atom is 0.292 e. The molecule has 3 heterocycles. The Balaban J connectivity index is 1.11. The molecular weight excluding hydrogens is 484 g/mol. The zero-order chi connectivity index (χ0) is 26.0. The van der Waals surface area contributed by atoms with Gasteiger partial charge in [-0.05, 0) is 36.2 Å². The van der Waals surface area contributed by atoms with E-state index < -0.39 is 11.8 Å². The van der Waals surface area contributed by atoms with Gasteiger partial charge in [-0.2, -0.15) is 0 Å². The van der Waals surface area contributed by atoms with Gasteiger partial charge in [0.2, 0.25) is 5.76 Å². The van der Waals surface area contributed by atoms with Crippen LogP contribution in [0.4, 0.5) is 20.6 Å². The summed E-state index contributed by atoms with van der Waals surface area (Å²) >= 11 is 0. The Hall–Kier alpha value is -3.89. The third-order valence-electron chi connectivity index (χ3n) is 6.64. The Morgan fingerprint density at radius 1 is 1.22 bits per heavy atom. The molecule has 1 aliphatic heterocycles. The number of anilines is 2. The van der Waals surface area contributed by atoms with Crippen LogP contribution in [0, 0.1) is 5.92 Å². The summed E-state index contributed by atoms with van der Waals surface area (Å²) in [6.07, 6.45) is 4.30. The number of hydrogen-bond acceptors (Lipinski definition) is 8. The second kappa shape index (κ2) is 10.2. The Labute approximate surface area is 213 Å². The average molecular weight is 514 g/mol. The number of halogens is 2. The highest BCUT2D eigenvalue weighted by Crippen LogP contribution is 2.48. The molecule has 0 radical (unpaired) electrons. The number of nitrogens with zero attached hydrogens (tertiary/aromatic N) is 3. The molecule has 2 fully saturated rings. The molecule has 3 N–H and O–H groups in total. The fraction of sp³-hybridized carbons (Fsp3) is 0.423. The van der Waals surface area contributed by atoms with Crippen molar-refractivity contribution in [2.75, 3.05) is 30.3 Å². The highest BCUT2D eigenvalue weighted by molar-refractivity contribution is 5.91. The van der Waals surface area contributed by atoms with E-state index in [1.54, 1.807) is 12.3 Å². The first kappa shape index (κ1) is 24.8. The van der Waals surface area contributed by atoms with Crippen LogP contribution < -0.4 is 25.4 Å². The molecule has 11 heteroatoms. The molecule has 1 saturated heterocycles. The van der Waals surface area contributed by atoms with Gasteiger partial charge in [-0.1, -0.05) is 19.1 Å². The zero-order valence-electron chi connectivity index (χ0n) is 20.4. The number of hydrogen-bond donors (Lipinski definition) is 2. The molecule has 196 valence electrons. The topological polar surface area (TPSA) is 116 Å². The summed E-state index contributed by atoms with van der Waals surface area (Å²) in [5.74, 6) is -1.55. The van der Waals surface area contributed by atoms with Gasteiger partial charge in [-0.25, -0.2) is 18.7 Å². The van der Waals surface area contributed by atoms with Crippen LogP contribution in [-0.4, -0.2) is 47.6 Å². The van der Waals surface area contributed by atoms with Gasteiger partial charge >= 0.3 is 0 Å². The summed E-state index contributed by atoms with van der Waals surface area (Å²) in [5, 5.41) is 2.93. The third-order valence-corrected chi connectivity index (χ3v) is 6.64. The summed E-state index contributed by atoms with van der Waals surface area (Å²) in [5.41, 5.74) is 6.39. The Morgan fingerprint density at radius 3 is 2.59 bits per heavy atom. The van der Waals surface area contributed by atoms with Gasteiger partial charge in [0, 0.05) is 19.4 Å². The van der Waals surface area contributed by atoms with Crippen LogP contribution in [0.15, 0.2) is 53.2 Å². The van der Waals surface area contributed by atoms with Crippen molar-refractivity contribution >= 4 is 17.7 Å². The van der Waals surface area contributed by atoms with Crippen LogP contribution in [-0.2, 0) is 0 Å². The molecule has 2 aromatic heterocycles. The molecule has 2 aliphatic rings. The number of benzene rings is 1. The van der Waals surface area contributed by atoms with Gasteiger partial charge in [0.25, 0.3) is 17.8 Å². The van der Waals surface area contributed by atoms with E-state index in [2.05, 4.69) is 20.2 Å². The van der Waals surface area contributed by atoms with Gasteiger partial charge < -0.3 is 29.8 Å². The van der Waals surface area contributed by atoms with E-state index in [0.29, 0.717) is 18.7 Å². The van der Waals surface area contributed by atoms with E-state index in [1.807, 2.05) is 37.3 Å². The molecule has 5 rings (SSSR count). The molecule has 1 aliphatic carbocycles. The summed E-state index contributed by atoms with van der Waals surface area (Å²) in [6, 6.07) is 11.0. The molecule has 3 aromatic rings. The third kappa shape index (κ3) is 5.92. The summed E-state index contributed by atoms with van der Waals surface area (Å²) in [4.78, 5) is 22.7. The number of alkyl halides is 2. The standard InChI is InChI=1S/C26H29F2N5O4/c1-2-21(32-24(34)22-13-31-25(29)37-22)16-3-5-18(6-4-16)36-20-9-10-33(14-20)23-8-7-19(12-30-23)35-15-17-11-26(17,27)28/h3-8,12-13,17,20-21H,2,9-11,14-15H2,1H3,(H2,29,31)(H,32,34). The van der Waals surface area contributed by atoms with Gasteiger partial charge in [-0.3, -0.25) is 4.79 Å². The smallest absolute Gasteiger partial charge is 0.292 e. The number of pyridine rings is 1. The van der Waals surface area contributed by atoms with Crippen LogP contribution in [0.2, 0.25) is 0 Å². The fourth-order valence-corrected chi connectivity index (χ4v) is 4.34. The average Bonchev–Trinajstić information content (AvgIpc) is 3.24. The zero-order valence-corrected chi connectivity index (χ0v) is 20.4. The summed E-state index contributed by atoms with van der Waals surface area (Å²) in [6.45, 7) is 3.46. The van der Waals surface area contributed by atoms with Crippen LogP contribution in [0.25, 0.3) is 0 Å². The van der Waals surface area contributed by atoms with E-state index in [0.717, 1.165) is 30.1 Å². The molecule has 1 saturated carbocycles. The highest BCUT2D eigenvalue weighted by atomic mass is 19.3. The molecule has 0 bridgehead atoms. The van der Waals surface area contributed by atoms with Crippen molar-refractivity contribution < 1.29 is 27.5 Å². The number of carbonyl (C=O) groups excluding carboxylic acids is 1. The molecule has 3 atom stereocenters. The first-order chi connectivity index (χ1) is 17.8. The minimum absolute atomic E-state index is 0.000685. The maximum absolute atomic E-state index is 13.0. The van der Waals surface area contributed by atoms with E-state index in [4.69, 9.17) is 19.6 Å². The van der Waals surface area contributed by atoms with Crippen molar-refractivity contribution in [2.45, 2.75) is 44.3 Å². The lowest BCUT2D eigenvalue weighted by Crippen LogP contribution is -2.28. The molecule has 1 amide bonds. The van der Waals surface area contributed by atoms with Crippen LogP contribution >= 0.6 is 0 Å². The molecule has 1 aromatic carbocycles. The van der Waals surface area contributed by atoms with Crippen molar-refractivity contribution in [2.24, 2.45) is 5.92 Å². The lowest BCUT2D eigenvalue weighted by atomic mass is 10.0. The molecule has 37 heavy (non-hydrogen) atoms. The fourth-order valence-electron chi connectivity index (χ4n) is 4.34. The number of carbonyl (C=O) groups is 1.